The summed E-state index contributed by atoms with van der Waals surface area (Å²) in [6.45, 7) is 0.381. The summed E-state index contributed by atoms with van der Waals surface area (Å²) >= 11 is 18.8. The minimum Gasteiger partial charge on any atom is -0.478 e. The second kappa shape index (κ2) is 5.96. The third kappa shape index (κ3) is 3.51. The van der Waals surface area contributed by atoms with Crippen molar-refractivity contribution in [2.75, 3.05) is 5.32 Å². The van der Waals surface area contributed by atoms with Gasteiger partial charge in [0, 0.05) is 16.1 Å². The number of aromatic nitrogens is 1. The fourth-order valence-electron chi connectivity index (χ4n) is 1.46. The summed E-state index contributed by atoms with van der Waals surface area (Å²) in [5.74, 6) is -1.10. The molecule has 0 aliphatic rings. The van der Waals surface area contributed by atoms with E-state index >= 15 is 0 Å². The summed E-state index contributed by atoms with van der Waals surface area (Å²) in [6, 6.07) is 2.83. The van der Waals surface area contributed by atoms with Gasteiger partial charge in [0.1, 0.15) is 0 Å². The Hall–Kier alpha value is -1.01. The van der Waals surface area contributed by atoms with Crippen LogP contribution in [0.3, 0.4) is 0 Å². The van der Waals surface area contributed by atoms with Crippen molar-refractivity contribution in [3.63, 3.8) is 0 Å². The number of hydrogen-bond acceptors (Lipinski definition) is 4. The van der Waals surface area contributed by atoms with Crippen LogP contribution in [0.25, 0.3) is 0 Å². The number of carboxylic acids is 1. The van der Waals surface area contributed by atoms with Crippen LogP contribution >= 0.6 is 46.1 Å². The smallest absolute Gasteiger partial charge is 0.337 e. The first kappa shape index (κ1) is 14.4. The zero-order chi connectivity index (χ0) is 14.0. The van der Waals surface area contributed by atoms with Crippen LogP contribution in [0.4, 0.5) is 5.69 Å². The van der Waals surface area contributed by atoms with Gasteiger partial charge in [-0.2, -0.15) is 0 Å². The first-order chi connectivity index (χ1) is 8.97. The molecule has 0 aliphatic heterocycles. The SMILES string of the molecule is O=C(O)c1cc(Cl)cc(Cl)c1NCc1cnc(Cl)s1. The van der Waals surface area contributed by atoms with Crippen molar-refractivity contribution in [3.8, 4) is 0 Å². The van der Waals surface area contributed by atoms with Gasteiger partial charge < -0.3 is 10.4 Å². The molecule has 0 aliphatic carbocycles. The summed E-state index contributed by atoms with van der Waals surface area (Å²) in [5, 5.41) is 12.6. The number of nitrogens with zero attached hydrogens (tertiary/aromatic N) is 1. The number of carbonyl (C=O) groups is 1. The number of rotatable bonds is 4. The van der Waals surface area contributed by atoms with Gasteiger partial charge in [-0.1, -0.05) is 34.8 Å². The van der Waals surface area contributed by atoms with Crippen molar-refractivity contribution in [2.24, 2.45) is 0 Å². The molecule has 4 nitrogen and oxygen atoms in total. The molecule has 0 amide bonds. The molecule has 2 rings (SSSR count). The van der Waals surface area contributed by atoms with Crippen molar-refractivity contribution in [3.05, 3.63) is 43.3 Å². The van der Waals surface area contributed by atoms with E-state index in [2.05, 4.69) is 10.3 Å². The van der Waals surface area contributed by atoms with Crippen molar-refractivity contribution >= 4 is 57.8 Å². The van der Waals surface area contributed by atoms with Crippen LogP contribution in [0.5, 0.6) is 0 Å². The highest BCUT2D eigenvalue weighted by molar-refractivity contribution is 7.15. The lowest BCUT2D eigenvalue weighted by Crippen LogP contribution is -2.06. The number of halogens is 3. The summed E-state index contributed by atoms with van der Waals surface area (Å²) in [6.07, 6.45) is 1.62. The molecule has 8 heteroatoms. The molecule has 0 saturated carbocycles. The Kier molecular flexibility index (Phi) is 4.52. The maximum atomic E-state index is 11.2. The Morgan fingerprint density at radius 1 is 1.37 bits per heavy atom. The Bertz CT molecular complexity index is 630. The Morgan fingerprint density at radius 3 is 2.68 bits per heavy atom. The highest BCUT2D eigenvalue weighted by Gasteiger charge is 2.15. The third-order valence-electron chi connectivity index (χ3n) is 2.25. The van der Waals surface area contributed by atoms with Gasteiger partial charge in [-0.3, -0.25) is 0 Å². The van der Waals surface area contributed by atoms with Gasteiger partial charge in [-0.25, -0.2) is 9.78 Å². The van der Waals surface area contributed by atoms with Crippen molar-refractivity contribution in [1.29, 1.82) is 0 Å². The predicted molar refractivity (Wildman–Crippen MR) is 77.9 cm³/mol. The van der Waals surface area contributed by atoms with Gasteiger partial charge in [0.05, 0.1) is 22.8 Å². The van der Waals surface area contributed by atoms with Crippen molar-refractivity contribution < 1.29 is 9.90 Å². The topological polar surface area (TPSA) is 62.2 Å². The molecule has 0 atom stereocenters. The first-order valence-corrected chi connectivity index (χ1v) is 6.99. The van der Waals surface area contributed by atoms with Crippen LogP contribution in [-0.4, -0.2) is 16.1 Å². The van der Waals surface area contributed by atoms with Crippen LogP contribution in [-0.2, 0) is 6.54 Å². The van der Waals surface area contributed by atoms with E-state index in [4.69, 9.17) is 39.9 Å². The molecule has 2 N–H and O–H groups in total. The zero-order valence-electron chi connectivity index (χ0n) is 9.28. The second-order valence-electron chi connectivity index (χ2n) is 3.55. The highest BCUT2D eigenvalue weighted by Crippen LogP contribution is 2.31. The molecule has 19 heavy (non-hydrogen) atoms. The van der Waals surface area contributed by atoms with Crippen molar-refractivity contribution in [1.82, 2.24) is 4.98 Å². The van der Waals surface area contributed by atoms with Crippen LogP contribution < -0.4 is 5.32 Å². The number of thiazole rings is 1. The minimum absolute atomic E-state index is 0.0214. The van der Waals surface area contributed by atoms with Gasteiger partial charge >= 0.3 is 5.97 Å². The van der Waals surface area contributed by atoms with E-state index in [1.54, 1.807) is 6.20 Å². The van der Waals surface area contributed by atoms with Crippen LogP contribution in [0.15, 0.2) is 18.3 Å². The van der Waals surface area contributed by atoms with Gasteiger partial charge in [-0.05, 0) is 12.1 Å². The van der Waals surface area contributed by atoms with E-state index in [1.165, 1.54) is 23.5 Å². The van der Waals surface area contributed by atoms with E-state index in [0.717, 1.165) is 4.88 Å². The van der Waals surface area contributed by atoms with Crippen LogP contribution in [0.2, 0.25) is 14.5 Å². The summed E-state index contributed by atoms with van der Waals surface area (Å²) in [5.41, 5.74) is 0.344. The Morgan fingerprint density at radius 2 is 2.11 bits per heavy atom. The number of nitrogens with one attached hydrogen (secondary N) is 1. The molecule has 1 aromatic carbocycles. The van der Waals surface area contributed by atoms with E-state index in [1.807, 2.05) is 0 Å². The summed E-state index contributed by atoms with van der Waals surface area (Å²) in [7, 11) is 0. The first-order valence-electron chi connectivity index (χ1n) is 5.04. The number of hydrogen-bond donors (Lipinski definition) is 2. The van der Waals surface area contributed by atoms with Crippen LogP contribution in [0.1, 0.15) is 15.2 Å². The maximum Gasteiger partial charge on any atom is 0.337 e. The molecular weight excluding hydrogens is 331 g/mol. The lowest BCUT2D eigenvalue weighted by Gasteiger charge is -2.11. The highest BCUT2D eigenvalue weighted by atomic mass is 35.5. The molecule has 0 fully saturated rings. The van der Waals surface area contributed by atoms with E-state index < -0.39 is 5.97 Å². The zero-order valence-corrected chi connectivity index (χ0v) is 12.4. The van der Waals surface area contributed by atoms with Crippen LogP contribution in [0, 0.1) is 0 Å². The molecule has 0 unspecified atom stereocenters. The lowest BCUT2D eigenvalue weighted by atomic mass is 10.1. The molecule has 1 aromatic heterocycles. The number of carboxylic acid groups (broad SMARTS) is 1. The van der Waals surface area contributed by atoms with Crippen molar-refractivity contribution in [2.45, 2.75) is 6.54 Å². The Balaban J connectivity index is 2.26. The normalized spacial score (nSPS) is 10.5. The van der Waals surface area contributed by atoms with E-state index in [-0.39, 0.29) is 15.6 Å². The van der Waals surface area contributed by atoms with E-state index in [9.17, 15) is 4.79 Å². The van der Waals surface area contributed by atoms with Gasteiger partial charge in [0.25, 0.3) is 0 Å². The fourth-order valence-corrected chi connectivity index (χ4v) is 2.94. The lowest BCUT2D eigenvalue weighted by molar-refractivity contribution is 0.0698. The quantitative estimate of drug-likeness (QED) is 0.867. The Labute approximate surface area is 127 Å². The second-order valence-corrected chi connectivity index (χ2v) is 6.09. The minimum atomic E-state index is -1.10. The third-order valence-corrected chi connectivity index (χ3v) is 3.88. The van der Waals surface area contributed by atoms with Gasteiger partial charge in [0.2, 0.25) is 0 Å². The molecule has 2 aromatic rings. The number of aromatic carboxylic acids is 1. The molecular formula is C11H7Cl3N2O2S. The largest absolute Gasteiger partial charge is 0.478 e. The average Bonchev–Trinajstić information content (AvgIpc) is 2.73. The standard InChI is InChI=1S/C11H7Cl3N2O2S/c12-5-1-7(10(17)18)9(8(13)2-5)15-3-6-4-16-11(14)19-6/h1-2,4,15H,3H2,(H,17,18). The fraction of sp³-hybridized carbons (Fsp3) is 0.0909. The molecule has 100 valence electrons. The number of benzene rings is 1. The molecule has 0 spiro atoms. The van der Waals surface area contributed by atoms with E-state index in [0.29, 0.717) is 16.7 Å². The molecule has 0 saturated heterocycles. The van der Waals surface area contributed by atoms with Gasteiger partial charge in [0.15, 0.2) is 4.47 Å². The monoisotopic (exact) mass is 336 g/mol. The molecule has 1 heterocycles. The predicted octanol–water partition coefficient (Wildman–Crippen LogP) is 4.41. The molecule has 0 bridgehead atoms. The maximum absolute atomic E-state index is 11.2. The molecule has 0 radical (unpaired) electrons. The summed E-state index contributed by atoms with van der Waals surface area (Å²) in [4.78, 5) is 15.9. The number of anilines is 1. The van der Waals surface area contributed by atoms with Gasteiger partial charge in [-0.15, -0.1) is 11.3 Å². The summed E-state index contributed by atoms with van der Waals surface area (Å²) < 4.78 is 0.428. The average molecular weight is 338 g/mol.